The van der Waals surface area contributed by atoms with E-state index in [4.69, 9.17) is 17.3 Å². The molecule has 0 saturated carbocycles. The molecule has 0 bridgehead atoms. The summed E-state index contributed by atoms with van der Waals surface area (Å²) in [5, 5.41) is 0.0255. The van der Waals surface area contributed by atoms with Crippen LogP contribution >= 0.6 is 11.6 Å². The lowest BCUT2D eigenvalue weighted by molar-refractivity contribution is -0.137. The predicted molar refractivity (Wildman–Crippen MR) is 68.5 cm³/mol. The van der Waals surface area contributed by atoms with Crippen LogP contribution in [0.1, 0.15) is 21.5 Å². The van der Waals surface area contributed by atoms with Crippen LogP contribution in [0, 0.1) is 5.82 Å². The van der Waals surface area contributed by atoms with Crippen LogP contribution in [0.3, 0.4) is 0 Å². The van der Waals surface area contributed by atoms with Crippen molar-refractivity contribution in [3.63, 3.8) is 0 Å². The quantitative estimate of drug-likeness (QED) is 0.678. The molecule has 3 nitrogen and oxygen atoms in total. The molecule has 0 aliphatic rings. The van der Waals surface area contributed by atoms with Gasteiger partial charge in [-0.15, -0.1) is 0 Å². The van der Waals surface area contributed by atoms with Crippen LogP contribution < -0.4 is 5.73 Å². The summed E-state index contributed by atoms with van der Waals surface area (Å²) in [6.07, 6.45) is -3.66. The topological polar surface area (TPSA) is 56.0 Å². The number of carbonyl (C=O) groups excluding carboxylic acids is 1. The molecule has 0 atom stereocenters. The third-order valence-corrected chi connectivity index (χ3v) is 2.87. The molecule has 0 aliphatic carbocycles. The first-order valence-electron chi connectivity index (χ1n) is 5.52. The Labute approximate surface area is 121 Å². The zero-order valence-electron chi connectivity index (χ0n) is 10.2. The smallest absolute Gasteiger partial charge is 0.383 e. The maximum atomic E-state index is 13.2. The fourth-order valence-corrected chi connectivity index (χ4v) is 1.89. The minimum absolute atomic E-state index is 0.0255. The molecule has 1 heterocycles. The highest BCUT2D eigenvalue weighted by atomic mass is 35.5. The fourth-order valence-electron chi connectivity index (χ4n) is 1.73. The van der Waals surface area contributed by atoms with Crippen molar-refractivity contribution in [2.24, 2.45) is 0 Å². The third-order valence-electron chi connectivity index (χ3n) is 2.66. The molecular formula is C13H7ClF4N2O. The van der Waals surface area contributed by atoms with Gasteiger partial charge in [-0.1, -0.05) is 11.6 Å². The molecule has 21 heavy (non-hydrogen) atoms. The van der Waals surface area contributed by atoms with Gasteiger partial charge in [0.15, 0.2) is 5.78 Å². The van der Waals surface area contributed by atoms with Crippen LogP contribution in [-0.4, -0.2) is 10.8 Å². The number of halogens is 5. The van der Waals surface area contributed by atoms with Crippen LogP contribution in [0.4, 0.5) is 23.4 Å². The first-order chi connectivity index (χ1) is 9.70. The van der Waals surface area contributed by atoms with Crippen LogP contribution in [0.2, 0.25) is 5.02 Å². The van der Waals surface area contributed by atoms with E-state index in [-0.39, 0.29) is 16.4 Å². The predicted octanol–water partition coefficient (Wildman–Crippen LogP) is 3.71. The number of anilines is 1. The lowest BCUT2D eigenvalue weighted by Gasteiger charge is -2.13. The molecule has 0 amide bonds. The van der Waals surface area contributed by atoms with Crippen molar-refractivity contribution in [1.82, 2.24) is 4.98 Å². The number of nitrogens with two attached hydrogens (primary N) is 1. The second kappa shape index (κ2) is 5.33. The standard InChI is InChI=1S/C13H7ClF4N2O/c14-6-3-9(12(19)20-5-6)11(21)8-4-7(15)1-2-10(8)13(16,17)18/h1-5H,(H2,19,20). The number of nitrogen functional groups attached to an aromatic ring is 1. The summed E-state index contributed by atoms with van der Waals surface area (Å²) >= 11 is 5.64. The summed E-state index contributed by atoms with van der Waals surface area (Å²) in [5.74, 6) is -2.36. The summed E-state index contributed by atoms with van der Waals surface area (Å²) < 4.78 is 51.9. The van der Waals surface area contributed by atoms with E-state index in [9.17, 15) is 22.4 Å². The van der Waals surface area contributed by atoms with Crippen LogP contribution in [0.15, 0.2) is 30.5 Å². The number of ketones is 1. The first-order valence-corrected chi connectivity index (χ1v) is 5.90. The molecule has 2 aromatic rings. The van der Waals surface area contributed by atoms with Gasteiger partial charge >= 0.3 is 6.18 Å². The van der Waals surface area contributed by atoms with E-state index in [0.717, 1.165) is 12.3 Å². The molecule has 0 aliphatic heterocycles. The van der Waals surface area contributed by atoms with Gasteiger partial charge < -0.3 is 5.73 Å². The maximum Gasteiger partial charge on any atom is 0.417 e. The third kappa shape index (κ3) is 3.13. The Morgan fingerprint density at radius 1 is 1.19 bits per heavy atom. The lowest BCUT2D eigenvalue weighted by atomic mass is 9.98. The van der Waals surface area contributed by atoms with Crippen LogP contribution in [-0.2, 0) is 6.18 Å². The van der Waals surface area contributed by atoms with Gasteiger partial charge in [-0.2, -0.15) is 13.2 Å². The summed E-state index contributed by atoms with van der Waals surface area (Å²) in [4.78, 5) is 15.8. The maximum absolute atomic E-state index is 13.2. The van der Waals surface area contributed by atoms with Gasteiger partial charge in [-0.3, -0.25) is 4.79 Å². The second-order valence-corrected chi connectivity index (χ2v) is 4.54. The van der Waals surface area contributed by atoms with Gasteiger partial charge in [-0.25, -0.2) is 9.37 Å². The lowest BCUT2D eigenvalue weighted by Crippen LogP contribution is -2.15. The van der Waals surface area contributed by atoms with Gasteiger partial charge in [0.25, 0.3) is 0 Å². The van der Waals surface area contributed by atoms with Crippen molar-refractivity contribution in [3.8, 4) is 0 Å². The van der Waals surface area contributed by atoms with E-state index < -0.39 is 28.9 Å². The van der Waals surface area contributed by atoms with E-state index in [1.807, 2.05) is 0 Å². The molecule has 1 aromatic heterocycles. The molecule has 0 saturated heterocycles. The second-order valence-electron chi connectivity index (χ2n) is 4.10. The highest BCUT2D eigenvalue weighted by molar-refractivity contribution is 6.31. The number of alkyl halides is 3. The molecule has 8 heteroatoms. The number of nitrogens with zero attached hydrogens (tertiary/aromatic N) is 1. The average molecular weight is 319 g/mol. The molecular weight excluding hydrogens is 312 g/mol. The summed E-state index contributed by atoms with van der Waals surface area (Å²) in [7, 11) is 0. The van der Waals surface area contributed by atoms with Crippen molar-refractivity contribution < 1.29 is 22.4 Å². The van der Waals surface area contributed by atoms with Gasteiger partial charge in [0.1, 0.15) is 11.6 Å². The molecule has 2 rings (SSSR count). The summed E-state index contributed by atoms with van der Waals surface area (Å²) in [5.41, 5.74) is 3.03. The van der Waals surface area contributed by atoms with E-state index >= 15 is 0 Å². The highest BCUT2D eigenvalue weighted by Crippen LogP contribution is 2.34. The van der Waals surface area contributed by atoms with E-state index in [0.29, 0.717) is 18.2 Å². The first kappa shape index (κ1) is 15.2. The molecule has 0 unspecified atom stereocenters. The van der Waals surface area contributed by atoms with Crippen molar-refractivity contribution in [1.29, 1.82) is 0 Å². The number of hydrogen-bond donors (Lipinski definition) is 1. The monoisotopic (exact) mass is 318 g/mol. The largest absolute Gasteiger partial charge is 0.417 e. The number of hydrogen-bond acceptors (Lipinski definition) is 3. The Morgan fingerprint density at radius 2 is 1.86 bits per heavy atom. The SMILES string of the molecule is Nc1ncc(Cl)cc1C(=O)c1cc(F)ccc1C(F)(F)F. The summed E-state index contributed by atoms with van der Waals surface area (Å²) in [6, 6.07) is 2.71. The van der Waals surface area contributed by atoms with Crippen molar-refractivity contribution in [2.75, 3.05) is 5.73 Å². The molecule has 0 fully saturated rings. The van der Waals surface area contributed by atoms with Crippen LogP contribution in [0.25, 0.3) is 0 Å². The fraction of sp³-hybridized carbons (Fsp3) is 0.0769. The molecule has 2 N–H and O–H groups in total. The Balaban J connectivity index is 2.63. The number of rotatable bonds is 2. The van der Waals surface area contributed by atoms with Crippen molar-refractivity contribution >= 4 is 23.2 Å². The van der Waals surface area contributed by atoms with Gasteiger partial charge in [0.05, 0.1) is 16.1 Å². The number of carbonyl (C=O) groups is 1. The Bertz CT molecular complexity index is 716. The molecule has 0 radical (unpaired) electrons. The Morgan fingerprint density at radius 3 is 2.48 bits per heavy atom. The zero-order valence-corrected chi connectivity index (χ0v) is 11.0. The zero-order chi connectivity index (χ0) is 15.8. The molecule has 0 spiro atoms. The van der Waals surface area contributed by atoms with E-state index in [1.54, 1.807) is 0 Å². The number of aromatic nitrogens is 1. The van der Waals surface area contributed by atoms with Gasteiger partial charge in [-0.05, 0) is 24.3 Å². The molecule has 1 aromatic carbocycles. The summed E-state index contributed by atoms with van der Waals surface area (Å²) in [6.45, 7) is 0. The van der Waals surface area contributed by atoms with Crippen molar-refractivity contribution in [2.45, 2.75) is 6.18 Å². The minimum Gasteiger partial charge on any atom is -0.383 e. The Hall–Kier alpha value is -2.15. The van der Waals surface area contributed by atoms with E-state index in [2.05, 4.69) is 4.98 Å². The Kier molecular flexibility index (Phi) is 3.87. The molecule has 110 valence electrons. The normalized spacial score (nSPS) is 11.5. The highest BCUT2D eigenvalue weighted by Gasteiger charge is 2.36. The van der Waals surface area contributed by atoms with Gasteiger partial charge in [0, 0.05) is 11.8 Å². The van der Waals surface area contributed by atoms with E-state index in [1.165, 1.54) is 0 Å². The number of pyridine rings is 1. The number of benzene rings is 1. The minimum atomic E-state index is -4.81. The average Bonchev–Trinajstić information content (AvgIpc) is 2.39. The van der Waals surface area contributed by atoms with Gasteiger partial charge in [0.2, 0.25) is 0 Å². The van der Waals surface area contributed by atoms with Crippen LogP contribution in [0.5, 0.6) is 0 Å². The van der Waals surface area contributed by atoms with Crippen molar-refractivity contribution in [3.05, 3.63) is 58.0 Å².